The van der Waals surface area contributed by atoms with Gasteiger partial charge in [-0.25, -0.2) is 0 Å². The Morgan fingerprint density at radius 1 is 1.04 bits per heavy atom. The number of carbonyl (C=O) groups excluding carboxylic acids is 2. The van der Waals surface area contributed by atoms with Gasteiger partial charge in [0.25, 0.3) is 0 Å². The third kappa shape index (κ3) is 6.92. The first-order valence-electron chi connectivity index (χ1n) is 9.46. The number of nitrogens with zero attached hydrogens (tertiary/aromatic N) is 2. The molecule has 0 aromatic heterocycles. The van der Waals surface area contributed by atoms with Crippen LogP contribution in [0.5, 0.6) is 0 Å². The van der Waals surface area contributed by atoms with Gasteiger partial charge >= 0.3 is 0 Å². The van der Waals surface area contributed by atoms with Crippen molar-refractivity contribution in [3.63, 3.8) is 0 Å². The molecule has 1 aliphatic carbocycles. The van der Waals surface area contributed by atoms with E-state index in [2.05, 4.69) is 20.9 Å². The van der Waals surface area contributed by atoms with Crippen LogP contribution in [-0.2, 0) is 9.59 Å². The lowest BCUT2D eigenvalue weighted by atomic mass is 9.85. The number of aliphatic imine (C=N–C) groups is 1. The van der Waals surface area contributed by atoms with Crippen molar-refractivity contribution in [2.45, 2.75) is 52.4 Å². The van der Waals surface area contributed by atoms with Crippen LogP contribution >= 0.6 is 0 Å². The molecule has 144 valence electrons. The lowest BCUT2D eigenvalue weighted by Gasteiger charge is -2.29. The number of hydrogen-bond donors (Lipinski definition) is 3. The first-order chi connectivity index (χ1) is 11.9. The summed E-state index contributed by atoms with van der Waals surface area (Å²) in [5, 5.41) is 9.24. The van der Waals surface area contributed by atoms with Crippen molar-refractivity contribution in [2.24, 2.45) is 10.4 Å². The average Bonchev–Trinajstić information content (AvgIpc) is 3.07. The van der Waals surface area contributed by atoms with Crippen molar-refractivity contribution in [3.8, 4) is 0 Å². The SMILES string of the molecule is CCCNC(=O)CCNC(=NCC1(C(=O)N(C)C)CCCC1)NCC. The minimum Gasteiger partial charge on any atom is -0.357 e. The molecule has 0 aromatic carbocycles. The van der Waals surface area contributed by atoms with Crippen molar-refractivity contribution in [2.75, 3.05) is 40.3 Å². The maximum absolute atomic E-state index is 12.6. The van der Waals surface area contributed by atoms with E-state index in [1.807, 2.05) is 27.9 Å². The lowest BCUT2D eigenvalue weighted by molar-refractivity contribution is -0.138. The van der Waals surface area contributed by atoms with Crippen molar-refractivity contribution in [1.29, 1.82) is 0 Å². The highest BCUT2D eigenvalue weighted by Gasteiger charge is 2.41. The molecule has 0 unspecified atom stereocenters. The van der Waals surface area contributed by atoms with Gasteiger partial charge in [-0.15, -0.1) is 0 Å². The molecule has 7 nitrogen and oxygen atoms in total. The van der Waals surface area contributed by atoms with E-state index >= 15 is 0 Å². The maximum atomic E-state index is 12.6. The summed E-state index contributed by atoms with van der Waals surface area (Å²) in [6, 6.07) is 0. The second kappa shape index (κ2) is 10.9. The number of guanidine groups is 1. The normalized spacial score (nSPS) is 16.4. The molecule has 0 heterocycles. The van der Waals surface area contributed by atoms with Gasteiger partial charge in [0.05, 0.1) is 12.0 Å². The fourth-order valence-electron chi connectivity index (χ4n) is 3.19. The highest BCUT2D eigenvalue weighted by Crippen LogP contribution is 2.39. The molecular formula is C18H35N5O2. The smallest absolute Gasteiger partial charge is 0.230 e. The Morgan fingerprint density at radius 3 is 2.28 bits per heavy atom. The molecule has 0 aliphatic heterocycles. The quantitative estimate of drug-likeness (QED) is 0.428. The fourth-order valence-corrected chi connectivity index (χ4v) is 3.19. The summed E-state index contributed by atoms with van der Waals surface area (Å²) in [5.41, 5.74) is -0.371. The monoisotopic (exact) mass is 353 g/mol. The molecule has 1 rings (SSSR count). The molecule has 7 heteroatoms. The van der Waals surface area contributed by atoms with Gasteiger partial charge in [0.2, 0.25) is 11.8 Å². The van der Waals surface area contributed by atoms with Crippen LogP contribution in [0.2, 0.25) is 0 Å². The van der Waals surface area contributed by atoms with E-state index in [1.54, 1.807) is 4.90 Å². The summed E-state index contributed by atoms with van der Waals surface area (Å²) >= 11 is 0. The van der Waals surface area contributed by atoms with Crippen LogP contribution in [0.15, 0.2) is 4.99 Å². The molecule has 0 radical (unpaired) electrons. The Kier molecular flexibility index (Phi) is 9.31. The van der Waals surface area contributed by atoms with E-state index in [4.69, 9.17) is 0 Å². The zero-order valence-corrected chi connectivity index (χ0v) is 16.3. The molecule has 0 saturated heterocycles. The summed E-state index contributed by atoms with van der Waals surface area (Å²) in [6.07, 6.45) is 5.30. The zero-order chi connectivity index (χ0) is 18.7. The molecule has 3 N–H and O–H groups in total. The Balaban J connectivity index is 2.61. The summed E-state index contributed by atoms with van der Waals surface area (Å²) in [7, 11) is 3.62. The van der Waals surface area contributed by atoms with Crippen molar-refractivity contribution >= 4 is 17.8 Å². The van der Waals surface area contributed by atoms with Crippen molar-refractivity contribution in [1.82, 2.24) is 20.9 Å². The van der Waals surface area contributed by atoms with Crippen LogP contribution in [0, 0.1) is 5.41 Å². The number of rotatable bonds is 9. The topological polar surface area (TPSA) is 85.8 Å². The number of carbonyl (C=O) groups is 2. The third-order valence-corrected chi connectivity index (χ3v) is 4.52. The summed E-state index contributed by atoms with van der Waals surface area (Å²) in [6.45, 7) is 6.49. The van der Waals surface area contributed by atoms with Crippen LogP contribution in [0.25, 0.3) is 0 Å². The van der Waals surface area contributed by atoms with Crippen molar-refractivity contribution < 1.29 is 9.59 Å². The first kappa shape index (κ1) is 21.3. The van der Waals surface area contributed by atoms with Crippen LogP contribution in [0.4, 0.5) is 0 Å². The summed E-state index contributed by atoms with van der Waals surface area (Å²) in [4.78, 5) is 30.6. The minimum absolute atomic E-state index is 0.0419. The lowest BCUT2D eigenvalue weighted by Crippen LogP contribution is -2.43. The molecule has 0 spiro atoms. The van der Waals surface area contributed by atoms with E-state index < -0.39 is 0 Å². The summed E-state index contributed by atoms with van der Waals surface area (Å²) < 4.78 is 0. The van der Waals surface area contributed by atoms with E-state index in [0.717, 1.165) is 38.6 Å². The molecule has 0 bridgehead atoms. The van der Waals surface area contributed by atoms with Crippen molar-refractivity contribution in [3.05, 3.63) is 0 Å². The Morgan fingerprint density at radius 2 is 1.72 bits per heavy atom. The van der Waals surface area contributed by atoms with Gasteiger partial charge in [-0.2, -0.15) is 0 Å². The van der Waals surface area contributed by atoms with Gasteiger partial charge in [0.1, 0.15) is 0 Å². The highest BCUT2D eigenvalue weighted by molar-refractivity contribution is 5.84. The largest absolute Gasteiger partial charge is 0.357 e. The minimum atomic E-state index is -0.371. The van der Waals surface area contributed by atoms with Gasteiger partial charge in [-0.3, -0.25) is 14.6 Å². The van der Waals surface area contributed by atoms with Crippen LogP contribution in [0.3, 0.4) is 0 Å². The Hall–Kier alpha value is -1.79. The molecular weight excluding hydrogens is 318 g/mol. The molecule has 0 aromatic rings. The predicted octanol–water partition coefficient (Wildman–Crippen LogP) is 1.11. The van der Waals surface area contributed by atoms with Gasteiger partial charge in [0.15, 0.2) is 5.96 Å². The third-order valence-electron chi connectivity index (χ3n) is 4.52. The van der Waals surface area contributed by atoms with Crippen LogP contribution in [-0.4, -0.2) is 62.9 Å². The van der Waals surface area contributed by atoms with Gasteiger partial charge in [0, 0.05) is 40.2 Å². The summed E-state index contributed by atoms with van der Waals surface area (Å²) in [5.74, 6) is 0.882. The Bertz CT molecular complexity index is 456. The number of hydrogen-bond acceptors (Lipinski definition) is 3. The second-order valence-electron chi connectivity index (χ2n) is 6.91. The van der Waals surface area contributed by atoms with Gasteiger partial charge < -0.3 is 20.9 Å². The van der Waals surface area contributed by atoms with Crippen LogP contribution < -0.4 is 16.0 Å². The van der Waals surface area contributed by atoms with Gasteiger partial charge in [-0.05, 0) is 26.2 Å². The molecule has 1 saturated carbocycles. The zero-order valence-electron chi connectivity index (χ0n) is 16.3. The average molecular weight is 354 g/mol. The highest BCUT2D eigenvalue weighted by atomic mass is 16.2. The molecule has 0 atom stereocenters. The van der Waals surface area contributed by atoms with E-state index in [1.165, 1.54) is 0 Å². The second-order valence-corrected chi connectivity index (χ2v) is 6.91. The first-order valence-corrected chi connectivity index (χ1v) is 9.46. The predicted molar refractivity (Wildman–Crippen MR) is 101 cm³/mol. The van der Waals surface area contributed by atoms with E-state index in [0.29, 0.717) is 32.0 Å². The van der Waals surface area contributed by atoms with E-state index in [9.17, 15) is 9.59 Å². The van der Waals surface area contributed by atoms with E-state index in [-0.39, 0.29) is 17.2 Å². The maximum Gasteiger partial charge on any atom is 0.230 e. The standard InChI is InChI=1S/C18H35N5O2/c1-5-12-20-15(24)9-13-21-17(19-6-2)22-14-18(10-7-8-11-18)16(25)23(3)4/h5-14H2,1-4H3,(H,20,24)(H2,19,21,22). The number of nitrogens with one attached hydrogen (secondary N) is 3. The number of amides is 2. The molecule has 1 aliphatic rings. The Labute approximate surface area is 152 Å². The van der Waals surface area contributed by atoms with Gasteiger partial charge in [-0.1, -0.05) is 19.8 Å². The molecule has 1 fully saturated rings. The molecule has 2 amide bonds. The fraction of sp³-hybridized carbons (Fsp3) is 0.833. The molecule has 25 heavy (non-hydrogen) atoms. The van der Waals surface area contributed by atoms with Crippen LogP contribution in [0.1, 0.15) is 52.4 Å².